The third-order valence-electron chi connectivity index (χ3n) is 4.33. The maximum Gasteiger partial charge on any atom is 0.338 e. The predicted octanol–water partition coefficient (Wildman–Crippen LogP) is 3.11. The summed E-state index contributed by atoms with van der Waals surface area (Å²) in [6.45, 7) is 5.49. The van der Waals surface area contributed by atoms with Gasteiger partial charge in [-0.1, -0.05) is 25.1 Å². The van der Waals surface area contributed by atoms with E-state index in [1.807, 2.05) is 13.8 Å². The van der Waals surface area contributed by atoms with E-state index >= 15 is 0 Å². The van der Waals surface area contributed by atoms with E-state index in [1.54, 1.807) is 25.1 Å². The molecule has 2 N–H and O–H groups in total. The molecule has 2 aromatic carbocycles. The van der Waals surface area contributed by atoms with E-state index in [4.69, 9.17) is 4.74 Å². The molecule has 0 aromatic heterocycles. The molecule has 0 bridgehead atoms. The summed E-state index contributed by atoms with van der Waals surface area (Å²) in [5.74, 6) is -0.991. The smallest absolute Gasteiger partial charge is 0.338 e. The van der Waals surface area contributed by atoms with E-state index in [2.05, 4.69) is 10.0 Å². The van der Waals surface area contributed by atoms with Crippen LogP contribution in [0.4, 0.5) is 5.69 Å². The lowest BCUT2D eigenvalue weighted by Gasteiger charge is -2.16. The van der Waals surface area contributed by atoms with Crippen LogP contribution in [-0.2, 0) is 14.8 Å². The van der Waals surface area contributed by atoms with E-state index in [9.17, 15) is 18.0 Å². The van der Waals surface area contributed by atoms with E-state index in [0.717, 1.165) is 6.42 Å². The van der Waals surface area contributed by atoms with Crippen molar-refractivity contribution in [3.63, 3.8) is 0 Å². The number of nitrogens with one attached hydrogen (secondary N) is 2. The lowest BCUT2D eigenvalue weighted by molar-refractivity contribution is 0.0599. The Morgan fingerprint density at radius 1 is 1.11 bits per heavy atom. The summed E-state index contributed by atoms with van der Waals surface area (Å²) in [4.78, 5) is 24.2. The topological polar surface area (TPSA) is 102 Å². The number of benzene rings is 2. The van der Waals surface area contributed by atoms with Crippen molar-refractivity contribution in [1.29, 1.82) is 0 Å². The molecule has 1 atom stereocenters. The molecule has 0 aliphatic carbocycles. The monoisotopic (exact) mass is 404 g/mol. The Morgan fingerprint density at radius 2 is 1.79 bits per heavy atom. The number of carbonyl (C=O) groups excluding carboxylic acids is 2. The number of rotatable bonds is 7. The normalized spacial score (nSPS) is 12.1. The Balaban J connectivity index is 2.38. The van der Waals surface area contributed by atoms with Gasteiger partial charge in [0.25, 0.3) is 15.9 Å². The molecule has 150 valence electrons. The van der Waals surface area contributed by atoms with Crippen LogP contribution in [0.2, 0.25) is 0 Å². The fourth-order valence-corrected chi connectivity index (χ4v) is 3.58. The van der Waals surface area contributed by atoms with Crippen LogP contribution in [0, 0.1) is 6.92 Å². The van der Waals surface area contributed by atoms with Crippen LogP contribution in [0.5, 0.6) is 0 Å². The van der Waals surface area contributed by atoms with Gasteiger partial charge in [-0.3, -0.25) is 9.52 Å². The molecule has 1 amide bonds. The standard InChI is InChI=1S/C20H24N2O5S/c1-5-14(3)21-19(23)16-8-6-7-9-18(16)22-28(25,26)15-11-10-13(2)17(12-15)20(24)27-4/h6-12,14,22H,5H2,1-4H3,(H,21,23). The second kappa shape index (κ2) is 8.88. The quantitative estimate of drug-likeness (QED) is 0.691. The lowest BCUT2D eigenvalue weighted by atomic mass is 10.1. The maximum atomic E-state index is 12.8. The van der Waals surface area contributed by atoms with Crippen molar-refractivity contribution >= 4 is 27.6 Å². The van der Waals surface area contributed by atoms with Gasteiger partial charge in [-0.05, 0) is 50.1 Å². The van der Waals surface area contributed by atoms with Crippen LogP contribution < -0.4 is 10.0 Å². The third-order valence-corrected chi connectivity index (χ3v) is 5.69. The number of anilines is 1. The summed E-state index contributed by atoms with van der Waals surface area (Å²) in [6, 6.07) is 10.5. The van der Waals surface area contributed by atoms with Crippen LogP contribution in [-0.4, -0.2) is 33.4 Å². The van der Waals surface area contributed by atoms with Gasteiger partial charge in [0.1, 0.15) is 0 Å². The van der Waals surface area contributed by atoms with Crippen LogP contribution in [0.1, 0.15) is 46.5 Å². The number of ether oxygens (including phenoxy) is 1. The first kappa shape index (κ1) is 21.4. The van der Waals surface area contributed by atoms with Crippen molar-refractivity contribution < 1.29 is 22.7 Å². The molecule has 2 rings (SSSR count). The summed E-state index contributed by atoms with van der Waals surface area (Å²) < 4.78 is 32.8. The van der Waals surface area contributed by atoms with Crippen molar-refractivity contribution in [1.82, 2.24) is 5.32 Å². The van der Waals surface area contributed by atoms with Crippen molar-refractivity contribution in [2.75, 3.05) is 11.8 Å². The van der Waals surface area contributed by atoms with Gasteiger partial charge >= 0.3 is 5.97 Å². The minimum atomic E-state index is -4.02. The Bertz CT molecular complexity index is 986. The number of amides is 1. The molecule has 0 aliphatic rings. The van der Waals surface area contributed by atoms with Gasteiger partial charge in [-0.2, -0.15) is 0 Å². The largest absolute Gasteiger partial charge is 0.465 e. The molecule has 28 heavy (non-hydrogen) atoms. The van der Waals surface area contributed by atoms with Crippen LogP contribution in [0.15, 0.2) is 47.4 Å². The first-order chi connectivity index (χ1) is 13.2. The zero-order valence-electron chi connectivity index (χ0n) is 16.3. The van der Waals surface area contributed by atoms with Crippen LogP contribution >= 0.6 is 0 Å². The lowest BCUT2D eigenvalue weighted by Crippen LogP contribution is -2.32. The maximum absolute atomic E-state index is 12.8. The molecule has 0 fully saturated rings. The SMILES string of the molecule is CCC(C)NC(=O)c1ccccc1NS(=O)(=O)c1ccc(C)c(C(=O)OC)c1. The van der Waals surface area contributed by atoms with Gasteiger partial charge in [0.15, 0.2) is 0 Å². The Labute approximate surface area is 165 Å². The number of hydrogen-bond donors (Lipinski definition) is 2. The Morgan fingerprint density at radius 3 is 2.43 bits per heavy atom. The van der Waals surface area contributed by atoms with Crippen LogP contribution in [0.3, 0.4) is 0 Å². The summed E-state index contributed by atoms with van der Waals surface area (Å²) >= 11 is 0. The van der Waals surface area contributed by atoms with Gasteiger partial charge in [0, 0.05) is 6.04 Å². The molecule has 0 saturated carbocycles. The average molecular weight is 404 g/mol. The second-order valence-electron chi connectivity index (χ2n) is 6.40. The van der Waals surface area contributed by atoms with Crippen molar-refractivity contribution in [3.05, 3.63) is 59.2 Å². The molecule has 0 saturated heterocycles. The summed E-state index contributed by atoms with van der Waals surface area (Å²) in [6.07, 6.45) is 0.749. The number of sulfonamides is 1. The molecule has 0 spiro atoms. The molecular formula is C20H24N2O5S. The first-order valence-electron chi connectivity index (χ1n) is 8.81. The summed E-state index contributed by atoms with van der Waals surface area (Å²) in [7, 11) is -2.79. The minimum absolute atomic E-state index is 0.0446. The summed E-state index contributed by atoms with van der Waals surface area (Å²) in [5.41, 5.74) is 1.13. The molecule has 8 heteroatoms. The highest BCUT2D eigenvalue weighted by Gasteiger charge is 2.21. The zero-order valence-corrected chi connectivity index (χ0v) is 17.1. The van der Waals surface area contributed by atoms with Crippen molar-refractivity contribution in [3.8, 4) is 0 Å². The van der Waals surface area contributed by atoms with Gasteiger partial charge in [0.05, 0.1) is 28.8 Å². The Hall–Kier alpha value is -2.87. The fraction of sp³-hybridized carbons (Fsp3) is 0.300. The Kier molecular flexibility index (Phi) is 6.80. The van der Waals surface area contributed by atoms with Gasteiger partial charge in [0.2, 0.25) is 0 Å². The number of aryl methyl sites for hydroxylation is 1. The van der Waals surface area contributed by atoms with Gasteiger partial charge in [-0.15, -0.1) is 0 Å². The highest BCUT2D eigenvalue weighted by Crippen LogP contribution is 2.22. The van der Waals surface area contributed by atoms with E-state index < -0.39 is 16.0 Å². The predicted molar refractivity (Wildman–Crippen MR) is 107 cm³/mol. The first-order valence-corrected chi connectivity index (χ1v) is 10.3. The third kappa shape index (κ3) is 4.89. The molecule has 1 unspecified atom stereocenters. The van der Waals surface area contributed by atoms with E-state index in [0.29, 0.717) is 5.56 Å². The van der Waals surface area contributed by atoms with Crippen molar-refractivity contribution in [2.45, 2.75) is 38.1 Å². The molecule has 0 radical (unpaired) electrons. The molecular weight excluding hydrogens is 380 g/mol. The van der Waals surface area contributed by atoms with Gasteiger partial charge < -0.3 is 10.1 Å². The van der Waals surface area contributed by atoms with Crippen molar-refractivity contribution in [2.24, 2.45) is 0 Å². The molecule has 2 aromatic rings. The molecule has 0 heterocycles. The summed E-state index contributed by atoms with van der Waals surface area (Å²) in [5, 5.41) is 2.82. The van der Waals surface area contributed by atoms with E-state index in [-0.39, 0.29) is 33.7 Å². The highest BCUT2D eigenvalue weighted by molar-refractivity contribution is 7.92. The minimum Gasteiger partial charge on any atom is -0.465 e. The van der Waals surface area contributed by atoms with Crippen LogP contribution in [0.25, 0.3) is 0 Å². The second-order valence-corrected chi connectivity index (χ2v) is 8.08. The average Bonchev–Trinajstić information content (AvgIpc) is 2.67. The molecule has 0 aliphatic heterocycles. The number of methoxy groups -OCH3 is 1. The highest BCUT2D eigenvalue weighted by atomic mass is 32.2. The number of para-hydroxylation sites is 1. The number of hydrogen-bond acceptors (Lipinski definition) is 5. The fourth-order valence-electron chi connectivity index (χ4n) is 2.48. The van der Waals surface area contributed by atoms with Gasteiger partial charge in [-0.25, -0.2) is 13.2 Å². The van der Waals surface area contributed by atoms with E-state index in [1.165, 1.54) is 31.4 Å². The number of carbonyl (C=O) groups is 2. The number of esters is 1. The zero-order chi connectivity index (χ0) is 20.9. The molecule has 7 nitrogen and oxygen atoms in total.